The third-order valence-corrected chi connectivity index (χ3v) is 0.748. The van der Waals surface area contributed by atoms with Crippen LogP contribution in [0.25, 0.3) is 0 Å². The maximum Gasteiger partial charge on any atom is 0.320 e. The summed E-state index contributed by atoms with van der Waals surface area (Å²) < 4.78 is 0. The molecule has 12 heavy (non-hydrogen) atoms. The molecule has 0 saturated heterocycles. The van der Waals surface area contributed by atoms with Crippen molar-refractivity contribution in [1.82, 2.24) is 0 Å². The van der Waals surface area contributed by atoms with Crippen LogP contribution < -0.4 is 11.5 Å². The van der Waals surface area contributed by atoms with E-state index in [1.165, 1.54) is 6.92 Å². The summed E-state index contributed by atoms with van der Waals surface area (Å²) in [7, 11) is 0. The van der Waals surface area contributed by atoms with Gasteiger partial charge in [0.25, 0.3) is 0 Å². The summed E-state index contributed by atoms with van der Waals surface area (Å²) in [6, 6.07) is -0.731. The van der Waals surface area contributed by atoms with Crippen molar-refractivity contribution in [1.29, 1.82) is 0 Å². The first-order valence-electron chi connectivity index (χ1n) is 3.32. The van der Waals surface area contributed by atoms with Crippen LogP contribution in [0.5, 0.6) is 0 Å². The van der Waals surface area contributed by atoms with E-state index in [9.17, 15) is 9.59 Å². The standard InChI is InChI=1S/2C3H7NO2/c1-2(4)3(5)6;4-2-1-3(5)6/h2H,4H2,1H3,(H,5,6);1-2,4H2,(H,5,6). The lowest BCUT2D eigenvalue weighted by Gasteiger charge is -1.90. The fourth-order valence-corrected chi connectivity index (χ4v) is 0.123. The Morgan fingerprint density at radius 3 is 1.75 bits per heavy atom. The fraction of sp³-hybridized carbons (Fsp3) is 0.667. The van der Waals surface area contributed by atoms with Crippen LogP contribution in [0, 0.1) is 0 Å². The summed E-state index contributed by atoms with van der Waals surface area (Å²) in [5.41, 5.74) is 9.68. The average Bonchev–Trinajstić information content (AvgIpc) is 1.87. The van der Waals surface area contributed by atoms with E-state index in [-0.39, 0.29) is 13.0 Å². The molecule has 1 unspecified atom stereocenters. The zero-order valence-electron chi connectivity index (χ0n) is 6.86. The quantitative estimate of drug-likeness (QED) is 0.431. The van der Waals surface area contributed by atoms with Gasteiger partial charge in [-0.05, 0) is 6.92 Å². The molecule has 0 aliphatic heterocycles. The molecule has 0 saturated carbocycles. The largest absolute Gasteiger partial charge is 0.481 e. The predicted molar refractivity (Wildman–Crippen MR) is 42.6 cm³/mol. The van der Waals surface area contributed by atoms with E-state index in [1.807, 2.05) is 0 Å². The molecule has 0 radical (unpaired) electrons. The number of hydrogen-bond donors (Lipinski definition) is 4. The molecule has 0 rings (SSSR count). The second kappa shape index (κ2) is 7.96. The van der Waals surface area contributed by atoms with E-state index in [4.69, 9.17) is 21.7 Å². The highest BCUT2D eigenvalue weighted by molar-refractivity contribution is 5.72. The summed E-state index contributed by atoms with van der Waals surface area (Å²) in [6.07, 6.45) is 0.0694. The number of carboxylic acid groups (broad SMARTS) is 2. The van der Waals surface area contributed by atoms with Gasteiger partial charge in [0.1, 0.15) is 6.04 Å². The molecule has 0 aliphatic carbocycles. The third kappa shape index (κ3) is 15.9. The van der Waals surface area contributed by atoms with E-state index in [2.05, 4.69) is 0 Å². The molecule has 72 valence electrons. The van der Waals surface area contributed by atoms with Crippen LogP contribution in [0.1, 0.15) is 13.3 Å². The smallest absolute Gasteiger partial charge is 0.320 e. The highest BCUT2D eigenvalue weighted by atomic mass is 16.4. The van der Waals surface area contributed by atoms with Gasteiger partial charge >= 0.3 is 11.9 Å². The first-order valence-corrected chi connectivity index (χ1v) is 3.32. The van der Waals surface area contributed by atoms with Gasteiger partial charge in [-0.3, -0.25) is 9.59 Å². The van der Waals surface area contributed by atoms with Crippen LogP contribution in [-0.2, 0) is 9.59 Å². The Kier molecular flexibility index (Phi) is 8.92. The molecule has 6 heteroatoms. The monoisotopic (exact) mass is 178 g/mol. The van der Waals surface area contributed by atoms with Gasteiger partial charge in [0, 0.05) is 6.54 Å². The number of aliphatic carboxylic acids is 2. The fourth-order valence-electron chi connectivity index (χ4n) is 0.123. The maximum absolute atomic E-state index is 9.57. The van der Waals surface area contributed by atoms with Gasteiger partial charge in [0.15, 0.2) is 0 Å². The first kappa shape index (κ1) is 13.4. The molecule has 6 N–H and O–H groups in total. The third-order valence-electron chi connectivity index (χ3n) is 0.748. The molecule has 0 fully saturated rings. The molecule has 0 aliphatic rings. The van der Waals surface area contributed by atoms with Crippen molar-refractivity contribution in [3.8, 4) is 0 Å². The second-order valence-corrected chi connectivity index (χ2v) is 2.06. The number of carbonyl (C=O) groups is 2. The van der Waals surface area contributed by atoms with E-state index in [0.29, 0.717) is 0 Å². The summed E-state index contributed by atoms with van der Waals surface area (Å²) in [6.45, 7) is 1.65. The predicted octanol–water partition coefficient (Wildman–Crippen LogP) is -1.16. The highest BCUT2D eigenvalue weighted by Gasteiger charge is 1.99. The number of hydrogen-bond acceptors (Lipinski definition) is 4. The lowest BCUT2D eigenvalue weighted by Crippen LogP contribution is -2.25. The van der Waals surface area contributed by atoms with Crippen LogP contribution in [0.4, 0.5) is 0 Å². The molecule has 0 aromatic carbocycles. The van der Waals surface area contributed by atoms with E-state index in [0.717, 1.165) is 0 Å². The molecule has 6 nitrogen and oxygen atoms in total. The Bertz CT molecular complexity index is 146. The van der Waals surface area contributed by atoms with Crippen molar-refractivity contribution in [3.05, 3.63) is 0 Å². The topological polar surface area (TPSA) is 127 Å². The van der Waals surface area contributed by atoms with Gasteiger partial charge < -0.3 is 21.7 Å². The molecule has 0 bridgehead atoms. The van der Waals surface area contributed by atoms with Crippen molar-refractivity contribution in [2.24, 2.45) is 11.5 Å². The summed E-state index contributed by atoms with van der Waals surface area (Å²) >= 11 is 0. The van der Waals surface area contributed by atoms with Crippen LogP contribution in [-0.4, -0.2) is 34.7 Å². The lowest BCUT2D eigenvalue weighted by atomic mass is 10.4. The number of nitrogens with two attached hydrogens (primary N) is 2. The van der Waals surface area contributed by atoms with Gasteiger partial charge in [-0.1, -0.05) is 0 Å². The lowest BCUT2D eigenvalue weighted by molar-refractivity contribution is -0.138. The van der Waals surface area contributed by atoms with Crippen molar-refractivity contribution >= 4 is 11.9 Å². The van der Waals surface area contributed by atoms with Crippen molar-refractivity contribution in [3.63, 3.8) is 0 Å². The molecule has 0 heterocycles. The van der Waals surface area contributed by atoms with Gasteiger partial charge in [0.05, 0.1) is 6.42 Å². The summed E-state index contributed by atoms with van der Waals surface area (Å²) in [4.78, 5) is 19.1. The minimum Gasteiger partial charge on any atom is -0.481 e. The normalized spacial score (nSPS) is 10.9. The Balaban J connectivity index is 0. The Hall–Kier alpha value is -1.14. The van der Waals surface area contributed by atoms with Crippen molar-refractivity contribution in [2.75, 3.05) is 6.54 Å². The minimum atomic E-state index is -0.963. The number of rotatable bonds is 3. The number of carboxylic acids is 2. The van der Waals surface area contributed by atoms with E-state index < -0.39 is 18.0 Å². The van der Waals surface area contributed by atoms with Gasteiger partial charge in [-0.15, -0.1) is 0 Å². The zero-order valence-corrected chi connectivity index (χ0v) is 6.86. The Morgan fingerprint density at radius 2 is 1.75 bits per heavy atom. The molecular formula is C6H14N2O4. The first-order chi connectivity index (χ1) is 5.41. The maximum atomic E-state index is 9.57. The van der Waals surface area contributed by atoms with Crippen LogP contribution in [0.15, 0.2) is 0 Å². The molecule has 0 spiro atoms. The van der Waals surface area contributed by atoms with Crippen molar-refractivity contribution < 1.29 is 19.8 Å². The Labute approximate surface area is 70.2 Å². The Morgan fingerprint density at radius 1 is 1.42 bits per heavy atom. The summed E-state index contributed by atoms with van der Waals surface area (Å²) in [5, 5.41) is 15.7. The van der Waals surface area contributed by atoms with Crippen LogP contribution in [0.3, 0.4) is 0 Å². The minimum absolute atomic E-state index is 0.0694. The molecule has 0 aromatic rings. The van der Waals surface area contributed by atoms with E-state index >= 15 is 0 Å². The van der Waals surface area contributed by atoms with E-state index in [1.54, 1.807) is 0 Å². The highest BCUT2D eigenvalue weighted by Crippen LogP contribution is 1.68. The van der Waals surface area contributed by atoms with Gasteiger partial charge in [-0.2, -0.15) is 0 Å². The van der Waals surface area contributed by atoms with Crippen LogP contribution >= 0.6 is 0 Å². The molecule has 0 amide bonds. The second-order valence-electron chi connectivity index (χ2n) is 2.06. The van der Waals surface area contributed by atoms with Crippen molar-refractivity contribution in [2.45, 2.75) is 19.4 Å². The summed E-state index contributed by atoms with van der Waals surface area (Å²) in [5.74, 6) is -1.80. The zero-order chi connectivity index (χ0) is 10.1. The van der Waals surface area contributed by atoms with Gasteiger partial charge in [-0.25, -0.2) is 0 Å². The van der Waals surface area contributed by atoms with Crippen LogP contribution in [0.2, 0.25) is 0 Å². The molecule has 0 aromatic heterocycles. The average molecular weight is 178 g/mol. The molecular weight excluding hydrogens is 164 g/mol. The molecule has 1 atom stereocenters. The van der Waals surface area contributed by atoms with Gasteiger partial charge in [0.2, 0.25) is 0 Å². The SMILES string of the molecule is CC(N)C(=O)O.NCCC(=O)O.